The van der Waals surface area contributed by atoms with Crippen molar-refractivity contribution in [1.29, 1.82) is 0 Å². The SMILES string of the molecule is CNC(=S)NN=C1CCCC(=NNC(=S)NC)C1. The van der Waals surface area contributed by atoms with Gasteiger partial charge in [-0.3, -0.25) is 10.9 Å². The first kappa shape index (κ1) is 14.8. The molecule has 1 fully saturated rings. The first-order valence-electron chi connectivity index (χ1n) is 5.72. The molecular formula is C10H18N6S2. The molecule has 18 heavy (non-hydrogen) atoms. The topological polar surface area (TPSA) is 72.8 Å². The highest BCUT2D eigenvalue weighted by Crippen LogP contribution is 2.12. The Bertz CT molecular complexity index is 343. The Morgan fingerprint density at radius 3 is 1.78 bits per heavy atom. The second-order valence-electron chi connectivity index (χ2n) is 3.77. The molecule has 100 valence electrons. The maximum atomic E-state index is 4.96. The molecule has 0 atom stereocenters. The van der Waals surface area contributed by atoms with E-state index in [4.69, 9.17) is 24.4 Å². The molecule has 4 N–H and O–H groups in total. The summed E-state index contributed by atoms with van der Waals surface area (Å²) in [5.74, 6) is 0. The van der Waals surface area contributed by atoms with Gasteiger partial charge in [-0.2, -0.15) is 10.2 Å². The minimum absolute atomic E-state index is 0.515. The lowest BCUT2D eigenvalue weighted by atomic mass is 9.97. The van der Waals surface area contributed by atoms with Gasteiger partial charge < -0.3 is 10.6 Å². The molecule has 6 nitrogen and oxygen atoms in total. The number of hydrazone groups is 2. The Morgan fingerprint density at radius 2 is 1.39 bits per heavy atom. The summed E-state index contributed by atoms with van der Waals surface area (Å²) in [5, 5.41) is 15.2. The molecule has 0 radical (unpaired) electrons. The average Bonchev–Trinajstić information content (AvgIpc) is 2.42. The molecule has 1 saturated carbocycles. The molecule has 0 saturated heterocycles. The van der Waals surface area contributed by atoms with Gasteiger partial charge >= 0.3 is 0 Å². The predicted octanol–water partition coefficient (Wildman–Crippen LogP) is 0.460. The van der Waals surface area contributed by atoms with Gasteiger partial charge in [0.2, 0.25) is 0 Å². The van der Waals surface area contributed by atoms with Gasteiger partial charge in [-0.15, -0.1) is 0 Å². The summed E-state index contributed by atoms with van der Waals surface area (Å²) in [6.45, 7) is 0. The summed E-state index contributed by atoms with van der Waals surface area (Å²) in [6.07, 6.45) is 3.72. The van der Waals surface area contributed by atoms with Gasteiger partial charge in [-0.1, -0.05) is 0 Å². The number of hydrogen-bond donors (Lipinski definition) is 4. The average molecular weight is 286 g/mol. The van der Waals surface area contributed by atoms with Crippen molar-refractivity contribution in [1.82, 2.24) is 21.5 Å². The van der Waals surface area contributed by atoms with Crippen molar-refractivity contribution < 1.29 is 0 Å². The van der Waals surface area contributed by atoms with Crippen molar-refractivity contribution in [3.05, 3.63) is 0 Å². The second-order valence-corrected chi connectivity index (χ2v) is 4.58. The maximum absolute atomic E-state index is 4.96. The Hall–Kier alpha value is -1.28. The number of hydrogen-bond acceptors (Lipinski definition) is 4. The summed E-state index contributed by atoms with van der Waals surface area (Å²) < 4.78 is 0. The van der Waals surface area contributed by atoms with Crippen LogP contribution < -0.4 is 21.5 Å². The molecule has 0 unspecified atom stereocenters. The molecule has 1 rings (SSSR count). The summed E-state index contributed by atoms with van der Waals surface area (Å²) in [6, 6.07) is 0. The van der Waals surface area contributed by atoms with Crippen molar-refractivity contribution in [3.8, 4) is 0 Å². The first-order chi connectivity index (χ1) is 8.65. The first-order valence-corrected chi connectivity index (χ1v) is 6.53. The van der Waals surface area contributed by atoms with Crippen molar-refractivity contribution in [3.63, 3.8) is 0 Å². The fourth-order valence-electron chi connectivity index (χ4n) is 1.47. The highest BCUT2D eigenvalue weighted by molar-refractivity contribution is 7.80. The summed E-state index contributed by atoms with van der Waals surface area (Å²) in [4.78, 5) is 0. The number of nitrogens with one attached hydrogen (secondary N) is 4. The predicted molar refractivity (Wildman–Crippen MR) is 82.9 cm³/mol. The van der Waals surface area contributed by atoms with Gasteiger partial charge in [-0.25, -0.2) is 0 Å². The van der Waals surface area contributed by atoms with Crippen molar-refractivity contribution >= 4 is 46.1 Å². The van der Waals surface area contributed by atoms with Gasteiger partial charge in [-0.05, 0) is 43.7 Å². The third-order valence-corrected chi connectivity index (χ3v) is 3.01. The molecule has 1 aliphatic rings. The van der Waals surface area contributed by atoms with Crippen LogP contribution in [0.15, 0.2) is 10.2 Å². The third-order valence-electron chi connectivity index (χ3n) is 2.42. The lowest BCUT2D eigenvalue weighted by Gasteiger charge is -2.15. The zero-order valence-electron chi connectivity index (χ0n) is 10.5. The Balaban J connectivity index is 2.50. The van der Waals surface area contributed by atoms with Crippen LogP contribution in [0.5, 0.6) is 0 Å². The molecule has 0 spiro atoms. The lowest BCUT2D eigenvalue weighted by Crippen LogP contribution is -2.31. The van der Waals surface area contributed by atoms with Crippen LogP contribution >= 0.6 is 24.4 Å². The van der Waals surface area contributed by atoms with Crippen molar-refractivity contribution in [2.75, 3.05) is 14.1 Å². The number of thiocarbonyl (C=S) groups is 2. The van der Waals surface area contributed by atoms with Gasteiger partial charge in [0.25, 0.3) is 0 Å². The van der Waals surface area contributed by atoms with E-state index in [9.17, 15) is 0 Å². The normalized spacial score (nSPS) is 19.4. The van der Waals surface area contributed by atoms with E-state index in [-0.39, 0.29) is 0 Å². The molecule has 0 aromatic rings. The molecule has 0 aliphatic heterocycles. The molecule has 0 aromatic carbocycles. The van der Waals surface area contributed by atoms with E-state index in [1.54, 1.807) is 14.1 Å². The van der Waals surface area contributed by atoms with Crippen LogP contribution in [0.25, 0.3) is 0 Å². The second kappa shape index (κ2) is 7.93. The van der Waals surface area contributed by atoms with Crippen LogP contribution in [0.4, 0.5) is 0 Å². The smallest absolute Gasteiger partial charge is 0.186 e. The Kier molecular flexibility index (Phi) is 6.51. The quantitative estimate of drug-likeness (QED) is 0.437. The van der Waals surface area contributed by atoms with Crippen molar-refractivity contribution in [2.24, 2.45) is 10.2 Å². The highest BCUT2D eigenvalue weighted by Gasteiger charge is 2.13. The van der Waals surface area contributed by atoms with E-state index in [0.29, 0.717) is 10.2 Å². The van der Waals surface area contributed by atoms with E-state index < -0.39 is 0 Å². The molecular weight excluding hydrogens is 268 g/mol. The third kappa shape index (κ3) is 5.37. The Labute approximate surface area is 118 Å². The van der Waals surface area contributed by atoms with E-state index in [2.05, 4.69) is 31.7 Å². The van der Waals surface area contributed by atoms with Crippen LogP contribution in [-0.4, -0.2) is 35.7 Å². The molecule has 0 amide bonds. The van der Waals surface area contributed by atoms with Crippen LogP contribution in [-0.2, 0) is 0 Å². The molecule has 8 heteroatoms. The van der Waals surface area contributed by atoms with Gasteiger partial charge in [0, 0.05) is 31.9 Å². The summed E-state index contributed by atoms with van der Waals surface area (Å²) >= 11 is 9.91. The van der Waals surface area contributed by atoms with Crippen molar-refractivity contribution in [2.45, 2.75) is 25.7 Å². The van der Waals surface area contributed by atoms with Gasteiger partial charge in [0.15, 0.2) is 10.2 Å². The molecule has 1 aliphatic carbocycles. The van der Waals surface area contributed by atoms with E-state index in [1.807, 2.05) is 0 Å². The largest absolute Gasteiger partial charge is 0.364 e. The highest BCUT2D eigenvalue weighted by atomic mass is 32.1. The van der Waals surface area contributed by atoms with E-state index in [0.717, 1.165) is 37.1 Å². The summed E-state index contributed by atoms with van der Waals surface area (Å²) in [5.41, 5.74) is 7.69. The standard InChI is InChI=1S/C10H18N6S2/c1-11-9(17)15-13-7-4-3-5-8(6-7)14-16-10(18)12-2/h3-6H2,1-2H3,(H2,11,15,17)(H2,12,16,18). The molecule has 0 heterocycles. The van der Waals surface area contributed by atoms with Crippen LogP contribution in [0.2, 0.25) is 0 Å². The minimum Gasteiger partial charge on any atom is -0.364 e. The van der Waals surface area contributed by atoms with Gasteiger partial charge in [0.05, 0.1) is 0 Å². The number of nitrogens with zero attached hydrogens (tertiary/aromatic N) is 2. The van der Waals surface area contributed by atoms with Crippen LogP contribution in [0.1, 0.15) is 25.7 Å². The zero-order valence-corrected chi connectivity index (χ0v) is 12.2. The van der Waals surface area contributed by atoms with Crippen LogP contribution in [0, 0.1) is 0 Å². The molecule has 0 aromatic heterocycles. The zero-order chi connectivity index (χ0) is 13.4. The van der Waals surface area contributed by atoms with Crippen LogP contribution in [0.3, 0.4) is 0 Å². The summed E-state index contributed by atoms with van der Waals surface area (Å²) in [7, 11) is 3.51. The number of rotatable bonds is 2. The van der Waals surface area contributed by atoms with E-state index >= 15 is 0 Å². The minimum atomic E-state index is 0.515. The van der Waals surface area contributed by atoms with E-state index in [1.165, 1.54) is 0 Å². The van der Waals surface area contributed by atoms with Gasteiger partial charge in [0.1, 0.15) is 0 Å². The lowest BCUT2D eigenvalue weighted by molar-refractivity contribution is 0.835. The Morgan fingerprint density at radius 1 is 0.944 bits per heavy atom. The monoisotopic (exact) mass is 286 g/mol. The molecule has 0 bridgehead atoms. The fourth-order valence-corrected chi connectivity index (χ4v) is 1.56. The maximum Gasteiger partial charge on any atom is 0.186 e. The fraction of sp³-hybridized carbons (Fsp3) is 0.600.